The molecule has 0 aliphatic carbocycles. The number of halogens is 3. The van der Waals surface area contributed by atoms with Crippen molar-refractivity contribution in [1.29, 1.82) is 0 Å². The van der Waals surface area contributed by atoms with Crippen LogP contribution in [0.5, 0.6) is 5.75 Å². The number of ether oxygens (including phenoxy) is 1. The van der Waals surface area contributed by atoms with Crippen LogP contribution in [0.25, 0.3) is 10.2 Å². The molecule has 0 saturated carbocycles. The van der Waals surface area contributed by atoms with Crippen LogP contribution in [0.4, 0.5) is 13.9 Å². The Morgan fingerprint density at radius 3 is 2.82 bits per heavy atom. The van der Waals surface area contributed by atoms with Crippen molar-refractivity contribution < 1.29 is 18.6 Å². The molecule has 3 aromatic rings. The third-order valence-corrected chi connectivity index (χ3v) is 6.95. The maximum atomic E-state index is 14.0. The van der Waals surface area contributed by atoms with Crippen LogP contribution in [0, 0.1) is 11.6 Å². The van der Waals surface area contributed by atoms with E-state index in [9.17, 15) is 13.9 Å². The molecule has 1 fully saturated rings. The van der Waals surface area contributed by atoms with E-state index in [1.807, 2.05) is 12.1 Å². The van der Waals surface area contributed by atoms with Crippen LogP contribution in [0.3, 0.4) is 0 Å². The van der Waals surface area contributed by atoms with E-state index in [1.54, 1.807) is 6.07 Å². The van der Waals surface area contributed by atoms with Crippen molar-refractivity contribution in [1.82, 2.24) is 4.98 Å². The molecule has 146 valence electrons. The third kappa shape index (κ3) is 2.93. The lowest BCUT2D eigenvalue weighted by Crippen LogP contribution is -2.50. The molecule has 3 heterocycles. The molecule has 2 aliphatic heterocycles. The number of benzene rings is 2. The molecule has 8 heteroatoms. The maximum absolute atomic E-state index is 14.0. The molecule has 4 nitrogen and oxygen atoms in total. The summed E-state index contributed by atoms with van der Waals surface area (Å²) in [7, 11) is 0. The van der Waals surface area contributed by atoms with Gasteiger partial charge in [0.25, 0.3) is 0 Å². The number of anilines is 1. The Labute approximate surface area is 169 Å². The van der Waals surface area contributed by atoms with E-state index in [-0.39, 0.29) is 5.52 Å². The molecule has 1 atom stereocenters. The van der Waals surface area contributed by atoms with Gasteiger partial charge in [-0.15, -0.1) is 0 Å². The Morgan fingerprint density at radius 1 is 1.25 bits per heavy atom. The number of hydrogen-bond acceptors (Lipinski definition) is 5. The molecule has 1 saturated heterocycles. The van der Waals surface area contributed by atoms with E-state index in [1.165, 1.54) is 17.4 Å². The van der Waals surface area contributed by atoms with E-state index in [4.69, 9.17) is 16.3 Å². The Hall–Kier alpha value is -1.96. The van der Waals surface area contributed by atoms with E-state index in [0.29, 0.717) is 53.0 Å². The molecule has 1 aromatic heterocycles. The third-order valence-electron chi connectivity index (χ3n) is 5.59. The first kappa shape index (κ1) is 18.1. The molecule has 1 N–H and O–H groups in total. The molecule has 2 aromatic carbocycles. The Kier molecular flexibility index (Phi) is 4.23. The topological polar surface area (TPSA) is 45.6 Å². The average molecular weight is 423 g/mol. The van der Waals surface area contributed by atoms with E-state index < -0.39 is 23.3 Å². The van der Waals surface area contributed by atoms with E-state index >= 15 is 0 Å². The summed E-state index contributed by atoms with van der Waals surface area (Å²) in [6.45, 7) is 1.30. The summed E-state index contributed by atoms with van der Waals surface area (Å²) in [4.78, 5) is 6.43. The molecule has 28 heavy (non-hydrogen) atoms. The first-order chi connectivity index (χ1) is 13.4. The van der Waals surface area contributed by atoms with Crippen molar-refractivity contribution in [3.63, 3.8) is 0 Å². The SMILES string of the molecule is OC1CC2(CCN(c3nc4c(F)cc(F)cc4s3)CC2)Oc2c(Cl)cccc21. The molecule has 1 spiro atoms. The van der Waals surface area contributed by atoms with Crippen LogP contribution in [0.2, 0.25) is 5.02 Å². The molecule has 0 bridgehead atoms. The first-order valence-corrected chi connectivity index (χ1v) is 10.3. The van der Waals surface area contributed by atoms with Gasteiger partial charge in [-0.2, -0.15) is 0 Å². The van der Waals surface area contributed by atoms with Crippen molar-refractivity contribution in [3.8, 4) is 5.75 Å². The Bertz CT molecular complexity index is 1070. The van der Waals surface area contributed by atoms with Gasteiger partial charge < -0.3 is 14.7 Å². The highest BCUT2D eigenvalue weighted by Crippen LogP contribution is 2.47. The molecule has 1 unspecified atom stereocenters. The van der Waals surface area contributed by atoms with Crippen molar-refractivity contribution in [2.45, 2.75) is 31.0 Å². The lowest BCUT2D eigenvalue weighted by molar-refractivity contribution is -0.0299. The minimum atomic E-state index is -0.643. The van der Waals surface area contributed by atoms with Gasteiger partial charge in [-0.25, -0.2) is 13.8 Å². The molecule has 5 rings (SSSR count). The summed E-state index contributed by atoms with van der Waals surface area (Å²) in [5, 5.41) is 11.8. The van der Waals surface area contributed by atoms with Crippen LogP contribution in [-0.4, -0.2) is 28.8 Å². The number of rotatable bonds is 1. The largest absolute Gasteiger partial charge is 0.485 e. The minimum Gasteiger partial charge on any atom is -0.485 e. The highest BCUT2D eigenvalue weighted by atomic mass is 35.5. The van der Waals surface area contributed by atoms with Crippen LogP contribution < -0.4 is 9.64 Å². The Morgan fingerprint density at radius 2 is 2.04 bits per heavy atom. The fraction of sp³-hybridized carbons (Fsp3) is 0.350. The number of hydrogen-bond donors (Lipinski definition) is 1. The van der Waals surface area contributed by atoms with Gasteiger partial charge in [0, 0.05) is 44.0 Å². The predicted molar refractivity (Wildman–Crippen MR) is 105 cm³/mol. The second kappa shape index (κ2) is 6.54. The number of aliphatic hydroxyl groups excluding tert-OH is 1. The lowest BCUT2D eigenvalue weighted by Gasteiger charge is -2.46. The van der Waals surface area contributed by atoms with Gasteiger partial charge in [0.15, 0.2) is 10.9 Å². The van der Waals surface area contributed by atoms with Crippen molar-refractivity contribution in [3.05, 3.63) is 52.6 Å². The summed E-state index contributed by atoms with van der Waals surface area (Å²) >= 11 is 7.57. The average Bonchev–Trinajstić information content (AvgIpc) is 3.08. The normalized spacial score (nSPS) is 21.0. The van der Waals surface area contributed by atoms with Gasteiger partial charge >= 0.3 is 0 Å². The van der Waals surface area contributed by atoms with Crippen LogP contribution in [0.1, 0.15) is 30.9 Å². The highest BCUT2D eigenvalue weighted by Gasteiger charge is 2.44. The highest BCUT2D eigenvalue weighted by molar-refractivity contribution is 7.22. The standard InChI is InChI=1S/C20H17ClF2N2O2S/c21-13-3-1-2-12-15(26)10-20(27-18(12)13)4-6-25(7-5-20)19-24-17-14(23)8-11(22)9-16(17)28-19/h1-3,8-9,15,26H,4-7,10H2. The molecular formula is C20H17ClF2N2O2S. The fourth-order valence-corrected chi connectivity index (χ4v) is 5.39. The van der Waals surface area contributed by atoms with Crippen molar-refractivity contribution in [2.75, 3.05) is 18.0 Å². The fourth-order valence-electron chi connectivity index (χ4n) is 4.11. The summed E-state index contributed by atoms with van der Waals surface area (Å²) in [6, 6.07) is 7.57. The quantitative estimate of drug-likeness (QED) is 0.593. The van der Waals surface area contributed by atoms with Gasteiger partial charge in [-0.3, -0.25) is 0 Å². The van der Waals surface area contributed by atoms with Gasteiger partial charge in [0.1, 0.15) is 22.7 Å². The van der Waals surface area contributed by atoms with Crippen molar-refractivity contribution >= 4 is 38.3 Å². The summed E-state index contributed by atoms with van der Waals surface area (Å²) in [6.07, 6.45) is 1.25. The summed E-state index contributed by atoms with van der Waals surface area (Å²) in [5.74, 6) is -0.678. The van der Waals surface area contributed by atoms with Crippen molar-refractivity contribution in [2.24, 2.45) is 0 Å². The van der Waals surface area contributed by atoms with E-state index in [0.717, 1.165) is 11.6 Å². The number of thiazole rings is 1. The second-order valence-electron chi connectivity index (χ2n) is 7.38. The van der Waals surface area contributed by atoms with E-state index in [2.05, 4.69) is 9.88 Å². The summed E-state index contributed by atoms with van der Waals surface area (Å²) in [5.41, 5.74) is 0.443. The number of nitrogens with zero attached hydrogens (tertiary/aromatic N) is 2. The molecule has 0 radical (unpaired) electrons. The number of para-hydroxylation sites is 1. The van der Waals surface area contributed by atoms with Gasteiger partial charge in [-0.05, 0) is 12.1 Å². The zero-order valence-corrected chi connectivity index (χ0v) is 16.4. The molecule has 0 amide bonds. The number of piperidine rings is 1. The monoisotopic (exact) mass is 422 g/mol. The van der Waals surface area contributed by atoms with Crippen LogP contribution in [-0.2, 0) is 0 Å². The predicted octanol–water partition coefficient (Wildman–Crippen LogP) is 5.08. The molecular weight excluding hydrogens is 406 g/mol. The lowest BCUT2D eigenvalue weighted by atomic mass is 9.82. The Balaban J connectivity index is 1.38. The summed E-state index contributed by atoms with van der Waals surface area (Å²) < 4.78 is 34.2. The van der Waals surface area contributed by atoms with Crippen LogP contribution >= 0.6 is 22.9 Å². The van der Waals surface area contributed by atoms with Crippen LogP contribution in [0.15, 0.2) is 30.3 Å². The van der Waals surface area contributed by atoms with Gasteiger partial charge in [0.05, 0.1) is 15.8 Å². The molecule has 2 aliphatic rings. The zero-order chi connectivity index (χ0) is 19.5. The minimum absolute atomic E-state index is 0.201. The number of aliphatic hydroxyl groups is 1. The second-order valence-corrected chi connectivity index (χ2v) is 8.80. The zero-order valence-electron chi connectivity index (χ0n) is 14.8. The number of aromatic nitrogens is 1. The smallest absolute Gasteiger partial charge is 0.186 e. The van der Waals surface area contributed by atoms with Gasteiger partial charge in [0.2, 0.25) is 0 Å². The number of fused-ring (bicyclic) bond motifs is 2. The first-order valence-electron chi connectivity index (χ1n) is 9.10. The van der Waals surface area contributed by atoms with Gasteiger partial charge in [-0.1, -0.05) is 35.1 Å². The maximum Gasteiger partial charge on any atom is 0.186 e.